The smallest absolute Gasteiger partial charge is 0.348 e. The first-order valence-corrected chi connectivity index (χ1v) is 1.66. The zero-order valence-electron chi connectivity index (χ0n) is 4.31. The van der Waals surface area contributed by atoms with Crippen molar-refractivity contribution < 1.29 is 31.0 Å². The van der Waals surface area contributed by atoms with E-state index in [1.165, 1.54) is 0 Å². The van der Waals surface area contributed by atoms with E-state index in [2.05, 4.69) is 5.73 Å². The predicted molar refractivity (Wildman–Crippen MR) is 24.4 cm³/mol. The first kappa shape index (κ1) is 11.5. The Labute approximate surface area is 49.9 Å². The summed E-state index contributed by atoms with van der Waals surface area (Å²) in [6.07, 6.45) is 0. The third kappa shape index (κ3) is 3.32. The highest BCUT2D eigenvalue weighted by Crippen LogP contribution is 2.04. The van der Waals surface area contributed by atoms with Crippen molar-refractivity contribution in [2.75, 3.05) is 0 Å². The molecule has 0 radical (unpaired) electrons. The molecule has 7 nitrogen and oxygen atoms in total. The molecular formula is C2H9NO6. The van der Waals surface area contributed by atoms with Crippen LogP contribution in [0.1, 0.15) is 0 Å². The van der Waals surface area contributed by atoms with Crippen LogP contribution in [0.2, 0.25) is 0 Å². The molecule has 0 aromatic heterocycles. The summed E-state index contributed by atoms with van der Waals surface area (Å²) in [4.78, 5) is 0. The lowest BCUT2D eigenvalue weighted by Gasteiger charge is -2.24. The molecule has 0 fully saturated rings. The maximum Gasteiger partial charge on any atom is 0.348 e. The monoisotopic (exact) mass is 143 g/mol. The molecule has 0 aliphatic rings. The first-order valence-electron chi connectivity index (χ1n) is 1.66. The lowest BCUT2D eigenvalue weighted by Crippen LogP contribution is -2.60. The van der Waals surface area contributed by atoms with Crippen LogP contribution in [0, 0.1) is 0 Å². The second-order valence-electron chi connectivity index (χ2n) is 1.36. The SMILES string of the molecule is NC(O)(O)C(O)(O)O.O. The van der Waals surface area contributed by atoms with E-state index in [-0.39, 0.29) is 5.48 Å². The molecule has 9 N–H and O–H groups in total. The van der Waals surface area contributed by atoms with Crippen LogP contribution in [0.15, 0.2) is 0 Å². The molecule has 0 unspecified atom stereocenters. The van der Waals surface area contributed by atoms with Crippen LogP contribution in [-0.4, -0.2) is 42.9 Å². The summed E-state index contributed by atoms with van der Waals surface area (Å²) in [7, 11) is 0. The molecule has 0 amide bonds. The van der Waals surface area contributed by atoms with Gasteiger partial charge >= 0.3 is 11.9 Å². The minimum Gasteiger partial charge on any atom is -0.412 e. The number of nitrogens with two attached hydrogens (primary N) is 1. The molecule has 0 aromatic rings. The van der Waals surface area contributed by atoms with E-state index in [0.717, 1.165) is 0 Å². The molecule has 0 rings (SSSR count). The van der Waals surface area contributed by atoms with E-state index in [4.69, 9.17) is 25.5 Å². The van der Waals surface area contributed by atoms with Crippen molar-refractivity contribution in [1.29, 1.82) is 0 Å². The van der Waals surface area contributed by atoms with E-state index in [9.17, 15) is 0 Å². The van der Waals surface area contributed by atoms with Crippen LogP contribution in [0.4, 0.5) is 0 Å². The van der Waals surface area contributed by atoms with Gasteiger partial charge in [-0.3, -0.25) is 5.73 Å². The summed E-state index contributed by atoms with van der Waals surface area (Å²) in [6, 6.07) is 0. The maximum atomic E-state index is 7.94. The van der Waals surface area contributed by atoms with E-state index < -0.39 is 11.9 Å². The molecule has 7 heteroatoms. The molecule has 0 atom stereocenters. The average molecular weight is 143 g/mol. The van der Waals surface area contributed by atoms with Crippen molar-refractivity contribution in [2.45, 2.75) is 11.9 Å². The van der Waals surface area contributed by atoms with Crippen LogP contribution >= 0.6 is 0 Å². The van der Waals surface area contributed by atoms with Crippen molar-refractivity contribution in [3.63, 3.8) is 0 Å². The van der Waals surface area contributed by atoms with Crippen LogP contribution < -0.4 is 5.73 Å². The summed E-state index contributed by atoms with van der Waals surface area (Å²) in [6.45, 7) is 0. The number of hydrogen-bond donors (Lipinski definition) is 6. The van der Waals surface area contributed by atoms with Gasteiger partial charge in [0.2, 0.25) is 0 Å². The van der Waals surface area contributed by atoms with E-state index in [1.807, 2.05) is 0 Å². The molecule has 0 heterocycles. The first-order chi connectivity index (χ1) is 3.25. The van der Waals surface area contributed by atoms with Gasteiger partial charge in [-0.25, -0.2) is 0 Å². The molecule has 0 saturated heterocycles. The lowest BCUT2D eigenvalue weighted by atomic mass is 10.4. The second kappa shape index (κ2) is 2.54. The number of hydrogen-bond acceptors (Lipinski definition) is 6. The molecule has 0 aliphatic carbocycles. The van der Waals surface area contributed by atoms with Gasteiger partial charge in [0.15, 0.2) is 0 Å². The van der Waals surface area contributed by atoms with Gasteiger partial charge in [0.05, 0.1) is 0 Å². The summed E-state index contributed by atoms with van der Waals surface area (Å²) in [5.41, 5.74) is 4.17. The van der Waals surface area contributed by atoms with Gasteiger partial charge in [-0.05, 0) is 0 Å². The summed E-state index contributed by atoms with van der Waals surface area (Å²) < 4.78 is 0. The Morgan fingerprint density at radius 3 is 1.00 bits per heavy atom. The summed E-state index contributed by atoms with van der Waals surface area (Å²) in [5.74, 6) is -7.07. The van der Waals surface area contributed by atoms with Gasteiger partial charge in [-0.15, -0.1) is 0 Å². The summed E-state index contributed by atoms with van der Waals surface area (Å²) >= 11 is 0. The Morgan fingerprint density at radius 2 is 1.00 bits per heavy atom. The molecule has 0 bridgehead atoms. The van der Waals surface area contributed by atoms with Crippen LogP contribution in [0.5, 0.6) is 0 Å². The van der Waals surface area contributed by atoms with Crippen LogP contribution in [0.25, 0.3) is 0 Å². The zero-order valence-corrected chi connectivity index (χ0v) is 4.31. The van der Waals surface area contributed by atoms with E-state index in [1.54, 1.807) is 0 Å². The Bertz CT molecular complexity index is 66.0. The highest BCUT2D eigenvalue weighted by atomic mass is 16.7. The Morgan fingerprint density at radius 1 is 0.889 bits per heavy atom. The van der Waals surface area contributed by atoms with Gasteiger partial charge in [-0.2, -0.15) is 0 Å². The fraction of sp³-hybridized carbons (Fsp3) is 1.00. The van der Waals surface area contributed by atoms with Gasteiger partial charge in [-0.1, -0.05) is 0 Å². The number of rotatable bonds is 1. The van der Waals surface area contributed by atoms with Gasteiger partial charge in [0.1, 0.15) is 0 Å². The topological polar surface area (TPSA) is 159 Å². The van der Waals surface area contributed by atoms with Crippen molar-refractivity contribution in [3.05, 3.63) is 0 Å². The second-order valence-corrected chi connectivity index (χ2v) is 1.36. The van der Waals surface area contributed by atoms with Gasteiger partial charge in [0.25, 0.3) is 0 Å². The molecule has 0 saturated carbocycles. The summed E-state index contributed by atoms with van der Waals surface area (Å²) in [5, 5.41) is 39.4. The average Bonchev–Trinajstić information content (AvgIpc) is 1.25. The molecule has 9 heavy (non-hydrogen) atoms. The highest BCUT2D eigenvalue weighted by molar-refractivity contribution is 4.61. The molecule has 0 spiro atoms. The quantitative estimate of drug-likeness (QED) is 0.202. The minimum atomic E-state index is -3.67. The molecular weight excluding hydrogens is 134 g/mol. The standard InChI is InChI=1S/C2H7NO5.H2O/c3-1(4,5)2(6,7)8;/h4-8H,3H2;1H2. The van der Waals surface area contributed by atoms with Crippen molar-refractivity contribution >= 4 is 0 Å². The maximum absolute atomic E-state index is 7.94. The predicted octanol–water partition coefficient (Wildman–Crippen LogP) is -4.61. The molecule has 58 valence electrons. The Balaban J connectivity index is 0. The molecule has 0 aromatic carbocycles. The third-order valence-electron chi connectivity index (χ3n) is 0.494. The zero-order chi connectivity index (χ0) is 7.00. The van der Waals surface area contributed by atoms with Crippen molar-refractivity contribution in [1.82, 2.24) is 0 Å². The highest BCUT2D eigenvalue weighted by Gasteiger charge is 2.42. The fourth-order valence-electron chi connectivity index (χ4n) is 0. The fourth-order valence-corrected chi connectivity index (χ4v) is 0. The minimum absolute atomic E-state index is 0. The van der Waals surface area contributed by atoms with Crippen LogP contribution in [-0.2, 0) is 0 Å². The molecule has 0 aliphatic heterocycles. The van der Waals surface area contributed by atoms with Gasteiger partial charge < -0.3 is 31.0 Å². The number of aliphatic hydroxyl groups is 5. The van der Waals surface area contributed by atoms with Crippen LogP contribution in [0.3, 0.4) is 0 Å². The van der Waals surface area contributed by atoms with Crippen molar-refractivity contribution in [3.8, 4) is 0 Å². The third-order valence-corrected chi connectivity index (χ3v) is 0.494. The largest absolute Gasteiger partial charge is 0.412 e. The Hall–Kier alpha value is -0.280. The Kier molecular flexibility index (Phi) is 3.25. The van der Waals surface area contributed by atoms with E-state index >= 15 is 0 Å². The van der Waals surface area contributed by atoms with Gasteiger partial charge in [0, 0.05) is 0 Å². The lowest BCUT2D eigenvalue weighted by molar-refractivity contribution is -0.444. The normalized spacial score (nSPS) is 12.7. The van der Waals surface area contributed by atoms with Crippen molar-refractivity contribution in [2.24, 2.45) is 5.73 Å². The van der Waals surface area contributed by atoms with E-state index in [0.29, 0.717) is 0 Å².